The zero-order valence-corrected chi connectivity index (χ0v) is 9.40. The first kappa shape index (κ1) is 11.9. The van der Waals surface area contributed by atoms with Gasteiger partial charge in [-0.2, -0.15) is 0 Å². The molecule has 0 bridgehead atoms. The van der Waals surface area contributed by atoms with Crippen molar-refractivity contribution >= 4 is 17.8 Å². The highest BCUT2D eigenvalue weighted by atomic mass is 19.1. The molecule has 0 atom stereocenters. The van der Waals surface area contributed by atoms with Crippen molar-refractivity contribution in [2.24, 2.45) is 0 Å². The normalized spacial score (nSPS) is 16.9. The second kappa shape index (κ2) is 5.14. The third-order valence-corrected chi connectivity index (χ3v) is 3.00. The van der Waals surface area contributed by atoms with Crippen molar-refractivity contribution in [1.29, 1.82) is 0 Å². The standard InChI is InChI=1S/C12H15FN2O2/c13-10-2-1-3-11(12(10)14-8-16)15-6-4-9(17)5-7-15/h1-3,8-9,17H,4-7H2,(H,14,16). The van der Waals surface area contributed by atoms with Crippen molar-refractivity contribution in [2.75, 3.05) is 23.3 Å². The molecule has 1 aliphatic heterocycles. The second-order valence-electron chi connectivity index (χ2n) is 4.11. The highest BCUT2D eigenvalue weighted by molar-refractivity contribution is 5.81. The predicted molar refractivity (Wildman–Crippen MR) is 63.5 cm³/mol. The van der Waals surface area contributed by atoms with Crippen LogP contribution in [0.5, 0.6) is 0 Å². The van der Waals surface area contributed by atoms with Crippen LogP contribution in [0.3, 0.4) is 0 Å². The van der Waals surface area contributed by atoms with Gasteiger partial charge in [0.25, 0.3) is 0 Å². The van der Waals surface area contributed by atoms with Gasteiger partial charge in [0, 0.05) is 13.1 Å². The molecule has 0 aliphatic carbocycles. The second-order valence-corrected chi connectivity index (χ2v) is 4.11. The smallest absolute Gasteiger partial charge is 0.211 e. The Morgan fingerprint density at radius 2 is 2.12 bits per heavy atom. The molecule has 1 heterocycles. The quantitative estimate of drug-likeness (QED) is 0.782. The minimum absolute atomic E-state index is 0.207. The van der Waals surface area contributed by atoms with E-state index in [9.17, 15) is 14.3 Å². The van der Waals surface area contributed by atoms with Gasteiger partial charge in [-0.25, -0.2) is 4.39 Å². The van der Waals surface area contributed by atoms with E-state index < -0.39 is 5.82 Å². The number of aliphatic hydroxyl groups excluding tert-OH is 1. The molecule has 1 aliphatic rings. The fraction of sp³-hybridized carbons (Fsp3) is 0.417. The number of anilines is 2. The fourth-order valence-electron chi connectivity index (χ4n) is 2.08. The zero-order valence-electron chi connectivity index (χ0n) is 9.40. The van der Waals surface area contributed by atoms with E-state index in [4.69, 9.17) is 0 Å². The van der Waals surface area contributed by atoms with Crippen molar-refractivity contribution in [3.8, 4) is 0 Å². The van der Waals surface area contributed by atoms with Gasteiger partial charge in [-0.15, -0.1) is 0 Å². The van der Waals surface area contributed by atoms with Crippen molar-refractivity contribution in [3.63, 3.8) is 0 Å². The highest BCUT2D eigenvalue weighted by Gasteiger charge is 2.20. The third kappa shape index (κ3) is 2.55. The van der Waals surface area contributed by atoms with Gasteiger partial charge in [0.2, 0.25) is 6.41 Å². The summed E-state index contributed by atoms with van der Waals surface area (Å²) in [5.74, 6) is -0.444. The summed E-state index contributed by atoms with van der Waals surface area (Å²) in [6.45, 7) is 1.33. The summed E-state index contributed by atoms with van der Waals surface area (Å²) >= 11 is 0. The molecule has 0 saturated carbocycles. The van der Waals surface area contributed by atoms with Crippen molar-refractivity contribution in [3.05, 3.63) is 24.0 Å². The summed E-state index contributed by atoms with van der Waals surface area (Å²) in [6.07, 6.45) is 1.52. The van der Waals surface area contributed by atoms with Crippen LogP contribution in [0.2, 0.25) is 0 Å². The minimum atomic E-state index is -0.444. The van der Waals surface area contributed by atoms with Crippen LogP contribution < -0.4 is 10.2 Å². The van der Waals surface area contributed by atoms with Crippen molar-refractivity contribution < 1.29 is 14.3 Å². The Balaban J connectivity index is 2.25. The number of piperidine rings is 1. The Morgan fingerprint density at radius 3 is 2.76 bits per heavy atom. The SMILES string of the molecule is O=CNc1c(F)cccc1N1CCC(O)CC1. The van der Waals surface area contributed by atoms with E-state index in [-0.39, 0.29) is 11.8 Å². The lowest BCUT2D eigenvalue weighted by atomic mass is 10.1. The molecule has 2 N–H and O–H groups in total. The van der Waals surface area contributed by atoms with Crippen LogP contribution in [0.15, 0.2) is 18.2 Å². The number of halogens is 1. The number of amides is 1. The van der Waals surface area contributed by atoms with Gasteiger partial charge >= 0.3 is 0 Å². The maximum absolute atomic E-state index is 13.6. The number of hydrogen-bond acceptors (Lipinski definition) is 3. The van der Waals surface area contributed by atoms with E-state index >= 15 is 0 Å². The van der Waals surface area contributed by atoms with Crippen LogP contribution in [0.4, 0.5) is 15.8 Å². The van der Waals surface area contributed by atoms with Gasteiger partial charge < -0.3 is 15.3 Å². The molecule has 1 saturated heterocycles. The minimum Gasteiger partial charge on any atom is -0.393 e. The number of carbonyl (C=O) groups is 1. The molecule has 1 fully saturated rings. The lowest BCUT2D eigenvalue weighted by Crippen LogP contribution is -2.36. The maximum atomic E-state index is 13.6. The van der Waals surface area contributed by atoms with Gasteiger partial charge in [0.05, 0.1) is 11.8 Å². The number of para-hydroxylation sites is 1. The van der Waals surface area contributed by atoms with Gasteiger partial charge in [-0.05, 0) is 25.0 Å². The average Bonchev–Trinajstić information content (AvgIpc) is 2.33. The molecular weight excluding hydrogens is 223 g/mol. The summed E-state index contributed by atoms with van der Waals surface area (Å²) in [6, 6.07) is 4.70. The Bertz CT molecular complexity index is 403. The van der Waals surface area contributed by atoms with Crippen LogP contribution in [-0.2, 0) is 4.79 Å². The summed E-state index contributed by atoms with van der Waals surface area (Å²) in [4.78, 5) is 12.5. The lowest BCUT2D eigenvalue weighted by Gasteiger charge is -2.32. The monoisotopic (exact) mass is 238 g/mol. The first-order valence-corrected chi connectivity index (χ1v) is 5.64. The van der Waals surface area contributed by atoms with E-state index in [1.807, 2.05) is 4.90 Å². The van der Waals surface area contributed by atoms with Gasteiger partial charge in [-0.1, -0.05) is 6.07 Å². The van der Waals surface area contributed by atoms with Crippen LogP contribution in [-0.4, -0.2) is 30.7 Å². The Morgan fingerprint density at radius 1 is 1.41 bits per heavy atom. The van der Waals surface area contributed by atoms with Crippen LogP contribution in [0.1, 0.15) is 12.8 Å². The highest BCUT2D eigenvalue weighted by Crippen LogP contribution is 2.30. The number of hydrogen-bond donors (Lipinski definition) is 2. The van der Waals surface area contributed by atoms with E-state index in [0.29, 0.717) is 38.0 Å². The molecule has 4 nitrogen and oxygen atoms in total. The molecule has 0 radical (unpaired) electrons. The molecule has 2 rings (SSSR count). The summed E-state index contributed by atoms with van der Waals surface area (Å²) < 4.78 is 13.6. The molecule has 0 aromatic heterocycles. The molecule has 1 amide bonds. The lowest BCUT2D eigenvalue weighted by molar-refractivity contribution is -0.105. The molecule has 1 aromatic rings. The van der Waals surface area contributed by atoms with Crippen LogP contribution >= 0.6 is 0 Å². The van der Waals surface area contributed by atoms with E-state index in [0.717, 1.165) is 0 Å². The Hall–Kier alpha value is -1.62. The Labute approximate surface area is 99.0 Å². The number of carbonyl (C=O) groups excluding carboxylic acids is 1. The molecule has 17 heavy (non-hydrogen) atoms. The molecule has 0 unspecified atom stereocenters. The number of rotatable bonds is 3. The maximum Gasteiger partial charge on any atom is 0.211 e. The fourth-order valence-corrected chi connectivity index (χ4v) is 2.08. The number of benzene rings is 1. The Kier molecular flexibility index (Phi) is 3.58. The summed E-state index contributed by atoms with van der Waals surface area (Å²) in [5.41, 5.74) is 0.878. The predicted octanol–water partition coefficient (Wildman–Crippen LogP) is 1.36. The van der Waals surface area contributed by atoms with Gasteiger partial charge in [-0.3, -0.25) is 4.79 Å². The van der Waals surface area contributed by atoms with Crippen molar-refractivity contribution in [1.82, 2.24) is 0 Å². The topological polar surface area (TPSA) is 52.6 Å². The third-order valence-electron chi connectivity index (χ3n) is 3.00. The van der Waals surface area contributed by atoms with Crippen molar-refractivity contribution in [2.45, 2.75) is 18.9 Å². The van der Waals surface area contributed by atoms with Crippen LogP contribution in [0.25, 0.3) is 0 Å². The molecule has 92 valence electrons. The molecular formula is C12H15FN2O2. The first-order chi connectivity index (χ1) is 8.22. The number of nitrogens with zero attached hydrogens (tertiary/aromatic N) is 1. The average molecular weight is 238 g/mol. The zero-order chi connectivity index (χ0) is 12.3. The van der Waals surface area contributed by atoms with E-state index in [1.165, 1.54) is 6.07 Å². The van der Waals surface area contributed by atoms with E-state index in [2.05, 4.69) is 5.32 Å². The summed E-state index contributed by atoms with van der Waals surface area (Å²) in [5, 5.41) is 11.8. The molecule has 1 aromatic carbocycles. The largest absolute Gasteiger partial charge is 0.393 e. The van der Waals surface area contributed by atoms with E-state index in [1.54, 1.807) is 12.1 Å². The number of aliphatic hydroxyl groups is 1. The molecule has 0 spiro atoms. The van der Waals surface area contributed by atoms with Crippen LogP contribution in [0, 0.1) is 5.82 Å². The first-order valence-electron chi connectivity index (χ1n) is 5.64. The van der Waals surface area contributed by atoms with Gasteiger partial charge in [0.1, 0.15) is 11.5 Å². The van der Waals surface area contributed by atoms with Gasteiger partial charge in [0.15, 0.2) is 0 Å². The summed E-state index contributed by atoms with van der Waals surface area (Å²) in [7, 11) is 0. The molecule has 5 heteroatoms. The number of nitrogens with one attached hydrogen (secondary N) is 1.